The fraction of sp³-hybridized carbons (Fsp3) is 0.222. The van der Waals surface area contributed by atoms with Crippen molar-refractivity contribution in [2.75, 3.05) is 0 Å². The van der Waals surface area contributed by atoms with Crippen LogP contribution in [0.1, 0.15) is 22.4 Å². The standard InChI is InChI=1S/C18H16N4O2/c1-12-4-14-5-13(2-3-17(14)20-9-12)6-16(24-11-23)7-15-10-21-22-18(15)8-19/h2-5,9-11,16H,6-7H2,1H3,(H,21,22). The van der Waals surface area contributed by atoms with Gasteiger partial charge in [0.2, 0.25) is 0 Å². The Morgan fingerprint density at radius 2 is 2.21 bits per heavy atom. The molecule has 120 valence electrons. The highest BCUT2D eigenvalue weighted by Crippen LogP contribution is 2.18. The summed E-state index contributed by atoms with van der Waals surface area (Å²) in [7, 11) is 0. The molecule has 0 aliphatic rings. The highest BCUT2D eigenvalue weighted by atomic mass is 16.5. The molecule has 0 bridgehead atoms. The number of ether oxygens (including phenoxy) is 1. The van der Waals surface area contributed by atoms with Crippen molar-refractivity contribution in [3.8, 4) is 6.07 Å². The average molecular weight is 320 g/mol. The van der Waals surface area contributed by atoms with E-state index in [0.29, 0.717) is 25.0 Å². The van der Waals surface area contributed by atoms with Crippen molar-refractivity contribution in [1.82, 2.24) is 15.2 Å². The zero-order valence-corrected chi connectivity index (χ0v) is 13.2. The van der Waals surface area contributed by atoms with Crippen molar-refractivity contribution in [3.63, 3.8) is 0 Å². The van der Waals surface area contributed by atoms with Gasteiger partial charge in [-0.05, 0) is 36.2 Å². The van der Waals surface area contributed by atoms with E-state index < -0.39 is 0 Å². The summed E-state index contributed by atoms with van der Waals surface area (Å²) in [6.07, 6.45) is 4.05. The molecular formula is C18H16N4O2. The van der Waals surface area contributed by atoms with Crippen LogP contribution in [0.15, 0.2) is 36.7 Å². The fourth-order valence-corrected chi connectivity index (χ4v) is 2.74. The van der Waals surface area contributed by atoms with Gasteiger partial charge in [0.05, 0.1) is 11.7 Å². The van der Waals surface area contributed by atoms with E-state index in [9.17, 15) is 4.79 Å². The third kappa shape index (κ3) is 3.41. The van der Waals surface area contributed by atoms with Gasteiger partial charge < -0.3 is 4.74 Å². The third-order valence-corrected chi connectivity index (χ3v) is 3.87. The molecular weight excluding hydrogens is 304 g/mol. The number of fused-ring (bicyclic) bond motifs is 1. The number of hydrogen-bond donors (Lipinski definition) is 1. The minimum absolute atomic E-state index is 0.359. The first-order valence-electron chi connectivity index (χ1n) is 7.56. The maximum absolute atomic E-state index is 10.8. The van der Waals surface area contributed by atoms with E-state index in [0.717, 1.165) is 27.6 Å². The van der Waals surface area contributed by atoms with Crippen molar-refractivity contribution in [2.24, 2.45) is 0 Å². The van der Waals surface area contributed by atoms with Crippen LogP contribution in [0, 0.1) is 18.3 Å². The van der Waals surface area contributed by atoms with Crippen LogP contribution in [0.4, 0.5) is 0 Å². The van der Waals surface area contributed by atoms with Gasteiger partial charge in [0.25, 0.3) is 6.47 Å². The number of aromatic amines is 1. The summed E-state index contributed by atoms with van der Waals surface area (Å²) in [5, 5.41) is 16.6. The van der Waals surface area contributed by atoms with Crippen molar-refractivity contribution in [3.05, 3.63) is 59.0 Å². The van der Waals surface area contributed by atoms with E-state index in [1.54, 1.807) is 6.20 Å². The number of carbonyl (C=O) groups is 1. The topological polar surface area (TPSA) is 91.7 Å². The highest BCUT2D eigenvalue weighted by Gasteiger charge is 2.16. The molecule has 0 aliphatic heterocycles. The summed E-state index contributed by atoms with van der Waals surface area (Å²) in [5.74, 6) is 0. The number of hydrogen-bond acceptors (Lipinski definition) is 5. The van der Waals surface area contributed by atoms with Crippen molar-refractivity contribution >= 4 is 17.4 Å². The van der Waals surface area contributed by atoms with E-state index in [-0.39, 0.29) is 6.10 Å². The first kappa shape index (κ1) is 15.7. The van der Waals surface area contributed by atoms with Crippen LogP contribution < -0.4 is 0 Å². The molecule has 1 atom stereocenters. The summed E-state index contributed by atoms with van der Waals surface area (Å²) in [4.78, 5) is 15.2. The number of benzene rings is 1. The summed E-state index contributed by atoms with van der Waals surface area (Å²) >= 11 is 0. The minimum Gasteiger partial charge on any atom is -0.464 e. The number of aromatic nitrogens is 3. The van der Waals surface area contributed by atoms with E-state index in [1.165, 1.54) is 0 Å². The van der Waals surface area contributed by atoms with Crippen LogP contribution in [0.25, 0.3) is 10.9 Å². The van der Waals surface area contributed by atoms with Crippen molar-refractivity contribution in [2.45, 2.75) is 25.9 Å². The molecule has 24 heavy (non-hydrogen) atoms. The number of carbonyl (C=O) groups excluding carboxylic acids is 1. The van der Waals surface area contributed by atoms with E-state index >= 15 is 0 Å². The predicted molar refractivity (Wildman–Crippen MR) is 88.1 cm³/mol. The molecule has 1 N–H and O–H groups in total. The Labute approximate surface area is 139 Å². The number of nitrogens with one attached hydrogen (secondary N) is 1. The normalized spacial score (nSPS) is 11.8. The maximum atomic E-state index is 10.8. The first-order chi connectivity index (χ1) is 11.7. The summed E-state index contributed by atoms with van der Waals surface area (Å²) in [5.41, 5.74) is 4.20. The lowest BCUT2D eigenvalue weighted by molar-refractivity contribution is -0.133. The minimum atomic E-state index is -0.359. The smallest absolute Gasteiger partial charge is 0.293 e. The number of H-pyrrole nitrogens is 1. The Balaban J connectivity index is 1.82. The lowest BCUT2D eigenvalue weighted by Gasteiger charge is -2.15. The maximum Gasteiger partial charge on any atom is 0.293 e. The van der Waals surface area contributed by atoms with Crippen LogP contribution in [-0.4, -0.2) is 27.8 Å². The molecule has 0 saturated carbocycles. The largest absolute Gasteiger partial charge is 0.464 e. The molecule has 6 heteroatoms. The molecule has 2 aromatic heterocycles. The molecule has 3 aromatic rings. The lowest BCUT2D eigenvalue weighted by Crippen LogP contribution is -2.19. The zero-order valence-electron chi connectivity index (χ0n) is 13.2. The van der Waals surface area contributed by atoms with Gasteiger partial charge in [-0.25, -0.2) is 0 Å². The fourth-order valence-electron chi connectivity index (χ4n) is 2.74. The van der Waals surface area contributed by atoms with Gasteiger partial charge in [-0.3, -0.25) is 14.9 Å². The van der Waals surface area contributed by atoms with Gasteiger partial charge in [0.15, 0.2) is 0 Å². The average Bonchev–Trinajstić information content (AvgIpc) is 3.02. The number of rotatable bonds is 6. The Morgan fingerprint density at radius 3 is 3.00 bits per heavy atom. The second-order valence-corrected chi connectivity index (χ2v) is 5.68. The molecule has 2 heterocycles. The van der Waals surface area contributed by atoms with Crippen LogP contribution in [0.5, 0.6) is 0 Å². The number of nitriles is 1. The van der Waals surface area contributed by atoms with Crippen LogP contribution in [-0.2, 0) is 22.4 Å². The third-order valence-electron chi connectivity index (χ3n) is 3.87. The van der Waals surface area contributed by atoms with Crippen LogP contribution >= 0.6 is 0 Å². The number of pyridine rings is 1. The summed E-state index contributed by atoms with van der Waals surface area (Å²) in [6.45, 7) is 2.45. The summed E-state index contributed by atoms with van der Waals surface area (Å²) in [6, 6.07) is 10.1. The van der Waals surface area contributed by atoms with Gasteiger partial charge in [0, 0.05) is 30.0 Å². The number of aryl methyl sites for hydroxylation is 1. The molecule has 0 amide bonds. The lowest BCUT2D eigenvalue weighted by atomic mass is 10.00. The van der Waals surface area contributed by atoms with Crippen molar-refractivity contribution < 1.29 is 9.53 Å². The Bertz CT molecular complexity index is 911. The second kappa shape index (κ2) is 6.92. The molecule has 3 rings (SSSR count). The Kier molecular flexibility index (Phi) is 4.52. The highest BCUT2D eigenvalue weighted by molar-refractivity contribution is 5.79. The monoisotopic (exact) mass is 320 g/mol. The van der Waals surface area contributed by atoms with Crippen LogP contribution in [0.2, 0.25) is 0 Å². The quantitative estimate of drug-likeness (QED) is 0.704. The van der Waals surface area contributed by atoms with E-state index in [1.807, 2.05) is 31.3 Å². The van der Waals surface area contributed by atoms with Gasteiger partial charge in [0.1, 0.15) is 17.9 Å². The Morgan fingerprint density at radius 1 is 1.33 bits per heavy atom. The first-order valence-corrected chi connectivity index (χ1v) is 7.56. The molecule has 0 saturated heterocycles. The molecule has 0 fully saturated rings. The summed E-state index contributed by atoms with van der Waals surface area (Å²) < 4.78 is 5.21. The van der Waals surface area contributed by atoms with Gasteiger partial charge >= 0.3 is 0 Å². The van der Waals surface area contributed by atoms with E-state index in [2.05, 4.69) is 27.3 Å². The Hall–Kier alpha value is -3.20. The SMILES string of the molecule is Cc1cnc2ccc(CC(Cc3cn[nH]c3C#N)OC=O)cc2c1. The van der Waals surface area contributed by atoms with E-state index in [4.69, 9.17) is 10.00 Å². The van der Waals surface area contributed by atoms with Gasteiger partial charge in [-0.15, -0.1) is 0 Å². The van der Waals surface area contributed by atoms with Crippen molar-refractivity contribution in [1.29, 1.82) is 5.26 Å². The van der Waals surface area contributed by atoms with Gasteiger partial charge in [-0.2, -0.15) is 10.4 Å². The number of nitrogens with zero attached hydrogens (tertiary/aromatic N) is 3. The molecule has 1 aromatic carbocycles. The molecule has 0 spiro atoms. The molecule has 1 unspecified atom stereocenters. The molecule has 6 nitrogen and oxygen atoms in total. The molecule has 0 radical (unpaired) electrons. The zero-order chi connectivity index (χ0) is 16.9. The second-order valence-electron chi connectivity index (χ2n) is 5.68. The van der Waals surface area contributed by atoms with Crippen LogP contribution in [0.3, 0.4) is 0 Å². The van der Waals surface area contributed by atoms with Gasteiger partial charge in [-0.1, -0.05) is 6.07 Å². The predicted octanol–water partition coefficient (Wildman–Crippen LogP) is 2.46. The molecule has 0 aliphatic carbocycles.